The molecule has 0 saturated carbocycles. The highest BCUT2D eigenvalue weighted by Gasteiger charge is 2.15. The zero-order chi connectivity index (χ0) is 19.7. The molecule has 0 saturated heterocycles. The van der Waals surface area contributed by atoms with Crippen molar-refractivity contribution in [1.29, 1.82) is 0 Å². The van der Waals surface area contributed by atoms with Crippen LogP contribution in [-0.2, 0) is 17.8 Å². The van der Waals surface area contributed by atoms with Crippen LogP contribution in [0.2, 0.25) is 0 Å². The van der Waals surface area contributed by atoms with E-state index in [1.165, 1.54) is 11.1 Å². The summed E-state index contributed by atoms with van der Waals surface area (Å²) in [5, 5.41) is 9.45. The van der Waals surface area contributed by atoms with Crippen molar-refractivity contribution < 1.29 is 4.79 Å². The Hall–Kier alpha value is -1.35. The van der Waals surface area contributed by atoms with Crippen molar-refractivity contribution in [2.75, 3.05) is 32.7 Å². The molecule has 1 aromatic rings. The molecule has 2 rings (SSSR count). The average molecular weight is 501 g/mol. The van der Waals surface area contributed by atoms with Crippen LogP contribution in [0.3, 0.4) is 0 Å². The standard InChI is InChI=1S/C21H35N5O.HI/c1-5-22-20(24-15-19(27)25-21(2,3)4)23-12-8-13-26-14-11-17-9-6-7-10-18(17)16-26;/h6-7,9-10H,5,8,11-16H2,1-4H3,(H,25,27)(H2,22,23,24);1H. The Morgan fingerprint density at radius 3 is 2.57 bits per heavy atom. The van der Waals surface area contributed by atoms with E-state index in [4.69, 9.17) is 0 Å². The third kappa shape index (κ3) is 9.23. The number of nitrogens with one attached hydrogen (secondary N) is 3. The van der Waals surface area contributed by atoms with Gasteiger partial charge in [-0.2, -0.15) is 0 Å². The van der Waals surface area contributed by atoms with E-state index in [-0.39, 0.29) is 42.0 Å². The largest absolute Gasteiger partial charge is 0.357 e. The van der Waals surface area contributed by atoms with Crippen molar-refractivity contribution in [3.63, 3.8) is 0 Å². The highest BCUT2D eigenvalue weighted by Crippen LogP contribution is 2.18. The van der Waals surface area contributed by atoms with Gasteiger partial charge in [0.25, 0.3) is 0 Å². The van der Waals surface area contributed by atoms with Crippen molar-refractivity contribution in [1.82, 2.24) is 20.9 Å². The molecule has 0 radical (unpaired) electrons. The molecular weight excluding hydrogens is 465 g/mol. The topological polar surface area (TPSA) is 68.8 Å². The average Bonchev–Trinajstić information content (AvgIpc) is 2.61. The number of hydrogen-bond acceptors (Lipinski definition) is 3. The lowest BCUT2D eigenvalue weighted by molar-refractivity contribution is -0.121. The van der Waals surface area contributed by atoms with E-state index in [1.807, 2.05) is 27.7 Å². The lowest BCUT2D eigenvalue weighted by atomic mass is 10.00. The van der Waals surface area contributed by atoms with E-state index in [0.29, 0.717) is 5.96 Å². The number of aliphatic imine (C=N–C) groups is 1. The van der Waals surface area contributed by atoms with Gasteiger partial charge in [0.05, 0.1) is 0 Å². The Morgan fingerprint density at radius 1 is 1.18 bits per heavy atom. The first kappa shape index (κ1) is 24.7. The molecule has 0 fully saturated rings. The molecule has 158 valence electrons. The second-order valence-electron chi connectivity index (χ2n) is 8.07. The maximum absolute atomic E-state index is 11.9. The van der Waals surface area contributed by atoms with Gasteiger partial charge in [-0.3, -0.25) is 9.69 Å². The second-order valence-corrected chi connectivity index (χ2v) is 8.07. The SMILES string of the molecule is CCNC(=NCC(=O)NC(C)(C)C)NCCCN1CCc2ccccc2C1.I. The third-order valence-electron chi connectivity index (χ3n) is 4.39. The molecule has 0 aliphatic carbocycles. The van der Waals surface area contributed by atoms with Crippen LogP contribution >= 0.6 is 24.0 Å². The van der Waals surface area contributed by atoms with Gasteiger partial charge in [-0.05, 0) is 51.7 Å². The quantitative estimate of drug-likeness (QED) is 0.233. The number of halogens is 1. The van der Waals surface area contributed by atoms with Crippen molar-refractivity contribution in [2.24, 2.45) is 4.99 Å². The molecule has 0 aromatic heterocycles. The summed E-state index contributed by atoms with van der Waals surface area (Å²) in [5.41, 5.74) is 2.71. The van der Waals surface area contributed by atoms with Crippen LogP contribution < -0.4 is 16.0 Å². The lowest BCUT2D eigenvalue weighted by Gasteiger charge is -2.28. The molecule has 1 heterocycles. The molecule has 1 aromatic carbocycles. The van der Waals surface area contributed by atoms with E-state index in [9.17, 15) is 4.79 Å². The van der Waals surface area contributed by atoms with Crippen LogP contribution in [0.15, 0.2) is 29.3 Å². The first-order chi connectivity index (χ1) is 12.9. The van der Waals surface area contributed by atoms with Gasteiger partial charge in [-0.25, -0.2) is 4.99 Å². The first-order valence-electron chi connectivity index (χ1n) is 9.99. The number of hydrogen-bond donors (Lipinski definition) is 3. The number of amides is 1. The molecule has 7 heteroatoms. The van der Waals surface area contributed by atoms with E-state index < -0.39 is 0 Å². The fourth-order valence-corrected chi connectivity index (χ4v) is 3.20. The predicted octanol–water partition coefficient (Wildman–Crippen LogP) is 2.52. The number of nitrogens with zero attached hydrogens (tertiary/aromatic N) is 2. The van der Waals surface area contributed by atoms with Gasteiger partial charge >= 0.3 is 0 Å². The minimum atomic E-state index is -0.231. The van der Waals surface area contributed by atoms with Crippen molar-refractivity contribution in [2.45, 2.75) is 52.6 Å². The third-order valence-corrected chi connectivity index (χ3v) is 4.39. The van der Waals surface area contributed by atoms with Crippen molar-refractivity contribution >= 4 is 35.8 Å². The highest BCUT2D eigenvalue weighted by atomic mass is 127. The molecule has 6 nitrogen and oxygen atoms in total. The number of carbonyl (C=O) groups is 1. The highest BCUT2D eigenvalue weighted by molar-refractivity contribution is 14.0. The maximum Gasteiger partial charge on any atom is 0.242 e. The van der Waals surface area contributed by atoms with Crippen LogP contribution in [0.4, 0.5) is 0 Å². The Balaban J connectivity index is 0.00000392. The molecule has 28 heavy (non-hydrogen) atoms. The molecule has 0 spiro atoms. The Kier molecular flexibility index (Phi) is 10.8. The summed E-state index contributed by atoms with van der Waals surface area (Å²) in [6.07, 6.45) is 2.18. The van der Waals surface area contributed by atoms with Gasteiger partial charge in [0.1, 0.15) is 6.54 Å². The Morgan fingerprint density at radius 2 is 1.89 bits per heavy atom. The number of fused-ring (bicyclic) bond motifs is 1. The molecule has 1 aliphatic heterocycles. The zero-order valence-electron chi connectivity index (χ0n) is 17.7. The summed E-state index contributed by atoms with van der Waals surface area (Å²) >= 11 is 0. The molecular formula is C21H36IN5O. The van der Waals surface area contributed by atoms with Gasteiger partial charge in [-0.1, -0.05) is 24.3 Å². The molecule has 0 bridgehead atoms. The van der Waals surface area contributed by atoms with E-state index in [0.717, 1.165) is 45.6 Å². The van der Waals surface area contributed by atoms with Gasteiger partial charge in [0.15, 0.2) is 5.96 Å². The fourth-order valence-electron chi connectivity index (χ4n) is 3.20. The van der Waals surface area contributed by atoms with Crippen LogP contribution in [0.25, 0.3) is 0 Å². The zero-order valence-corrected chi connectivity index (χ0v) is 20.0. The van der Waals surface area contributed by atoms with Gasteiger partial charge in [0, 0.05) is 38.3 Å². The van der Waals surface area contributed by atoms with E-state index in [1.54, 1.807) is 0 Å². The Bertz CT molecular complexity index is 642. The maximum atomic E-state index is 11.9. The minimum absolute atomic E-state index is 0. The van der Waals surface area contributed by atoms with E-state index >= 15 is 0 Å². The summed E-state index contributed by atoms with van der Waals surface area (Å²) < 4.78 is 0. The fraction of sp³-hybridized carbons (Fsp3) is 0.619. The van der Waals surface area contributed by atoms with Crippen LogP contribution in [0, 0.1) is 0 Å². The number of guanidine groups is 1. The van der Waals surface area contributed by atoms with Gasteiger partial charge in [0.2, 0.25) is 5.91 Å². The smallest absolute Gasteiger partial charge is 0.242 e. The lowest BCUT2D eigenvalue weighted by Crippen LogP contribution is -2.43. The number of rotatable bonds is 7. The van der Waals surface area contributed by atoms with Crippen LogP contribution in [-0.4, -0.2) is 55.0 Å². The number of benzene rings is 1. The summed E-state index contributed by atoms with van der Waals surface area (Å²) in [7, 11) is 0. The first-order valence-corrected chi connectivity index (χ1v) is 9.99. The predicted molar refractivity (Wildman–Crippen MR) is 127 cm³/mol. The molecule has 0 atom stereocenters. The summed E-state index contributed by atoms with van der Waals surface area (Å²) in [4.78, 5) is 18.8. The normalized spacial score (nSPS) is 14.6. The molecule has 1 aliphatic rings. The van der Waals surface area contributed by atoms with Crippen LogP contribution in [0.5, 0.6) is 0 Å². The number of carbonyl (C=O) groups excluding carboxylic acids is 1. The molecule has 3 N–H and O–H groups in total. The van der Waals surface area contributed by atoms with Gasteiger partial charge in [-0.15, -0.1) is 24.0 Å². The molecule has 1 amide bonds. The van der Waals surface area contributed by atoms with Crippen LogP contribution in [0.1, 0.15) is 45.2 Å². The second kappa shape index (κ2) is 12.3. The summed E-state index contributed by atoms with van der Waals surface area (Å²) in [5.74, 6) is 0.636. The summed E-state index contributed by atoms with van der Waals surface area (Å²) in [6, 6.07) is 8.72. The minimum Gasteiger partial charge on any atom is -0.357 e. The Labute approximate surface area is 187 Å². The van der Waals surface area contributed by atoms with Crippen molar-refractivity contribution in [3.05, 3.63) is 35.4 Å². The van der Waals surface area contributed by atoms with E-state index in [2.05, 4.69) is 50.1 Å². The monoisotopic (exact) mass is 501 g/mol. The molecule has 0 unspecified atom stereocenters. The van der Waals surface area contributed by atoms with Crippen molar-refractivity contribution in [3.8, 4) is 0 Å². The summed E-state index contributed by atoms with van der Waals surface area (Å²) in [6.45, 7) is 12.9. The van der Waals surface area contributed by atoms with Gasteiger partial charge < -0.3 is 16.0 Å².